The molecule has 0 unspecified atom stereocenters. The lowest BCUT2D eigenvalue weighted by Gasteiger charge is -2.13. The Labute approximate surface area is 142 Å². The fourth-order valence-corrected chi connectivity index (χ4v) is 2.14. The van der Waals surface area contributed by atoms with Crippen LogP contribution in [0.1, 0.15) is 37.0 Å². The predicted octanol–water partition coefficient (Wildman–Crippen LogP) is 2.11. The van der Waals surface area contributed by atoms with E-state index in [9.17, 15) is 0 Å². The molecule has 0 atom stereocenters. The van der Waals surface area contributed by atoms with Crippen LogP contribution in [0.5, 0.6) is 5.75 Å². The van der Waals surface area contributed by atoms with Gasteiger partial charge in [-0.3, -0.25) is 4.99 Å². The number of guanidine groups is 1. The Hall–Kier alpha value is -2.57. The quantitative estimate of drug-likeness (QED) is 0.597. The van der Waals surface area contributed by atoms with Crippen molar-refractivity contribution in [2.45, 2.75) is 32.7 Å². The molecular formula is C17H25N5O2. The summed E-state index contributed by atoms with van der Waals surface area (Å²) in [4.78, 5) is 8.56. The van der Waals surface area contributed by atoms with E-state index in [0.717, 1.165) is 17.1 Å². The Morgan fingerprint density at radius 1 is 1.29 bits per heavy atom. The van der Waals surface area contributed by atoms with Gasteiger partial charge in [0, 0.05) is 38.0 Å². The second kappa shape index (κ2) is 8.90. The zero-order chi connectivity index (χ0) is 17.4. The molecule has 2 rings (SSSR count). The van der Waals surface area contributed by atoms with Crippen LogP contribution >= 0.6 is 0 Å². The first-order valence-electron chi connectivity index (χ1n) is 8.03. The molecule has 1 aromatic carbocycles. The second-order valence-electron chi connectivity index (χ2n) is 5.62. The predicted molar refractivity (Wildman–Crippen MR) is 93.3 cm³/mol. The van der Waals surface area contributed by atoms with Crippen LogP contribution < -0.4 is 15.4 Å². The number of hydrogen-bond donors (Lipinski definition) is 2. The van der Waals surface area contributed by atoms with E-state index >= 15 is 0 Å². The van der Waals surface area contributed by atoms with E-state index in [1.807, 2.05) is 38.1 Å². The highest BCUT2D eigenvalue weighted by atomic mass is 16.5. The number of rotatable bonds is 7. The zero-order valence-electron chi connectivity index (χ0n) is 14.7. The van der Waals surface area contributed by atoms with Crippen molar-refractivity contribution in [3.8, 4) is 5.75 Å². The Morgan fingerprint density at radius 3 is 2.75 bits per heavy atom. The lowest BCUT2D eigenvalue weighted by Crippen LogP contribution is -2.37. The van der Waals surface area contributed by atoms with E-state index in [0.29, 0.717) is 31.4 Å². The molecule has 24 heavy (non-hydrogen) atoms. The van der Waals surface area contributed by atoms with Crippen LogP contribution in [0.25, 0.3) is 0 Å². The van der Waals surface area contributed by atoms with Crippen molar-refractivity contribution >= 4 is 5.96 Å². The summed E-state index contributed by atoms with van der Waals surface area (Å²) in [5, 5.41) is 10.5. The van der Waals surface area contributed by atoms with Gasteiger partial charge in [0.05, 0.1) is 7.11 Å². The van der Waals surface area contributed by atoms with Gasteiger partial charge in [0.25, 0.3) is 0 Å². The summed E-state index contributed by atoms with van der Waals surface area (Å²) in [5.41, 5.74) is 1.07. The van der Waals surface area contributed by atoms with Crippen LogP contribution in [-0.2, 0) is 13.0 Å². The molecule has 0 bridgehead atoms. The lowest BCUT2D eigenvalue weighted by atomic mass is 10.2. The first-order valence-corrected chi connectivity index (χ1v) is 8.03. The molecule has 1 aromatic heterocycles. The van der Waals surface area contributed by atoms with Gasteiger partial charge in [-0.2, -0.15) is 4.98 Å². The summed E-state index contributed by atoms with van der Waals surface area (Å²) in [6, 6.07) is 7.89. The van der Waals surface area contributed by atoms with E-state index in [1.165, 1.54) is 0 Å². The van der Waals surface area contributed by atoms with Crippen LogP contribution in [0.2, 0.25) is 0 Å². The minimum absolute atomic E-state index is 0.269. The van der Waals surface area contributed by atoms with Gasteiger partial charge in [0.1, 0.15) is 5.75 Å². The van der Waals surface area contributed by atoms with E-state index in [2.05, 4.69) is 25.8 Å². The minimum Gasteiger partial charge on any atom is -0.496 e. The van der Waals surface area contributed by atoms with Gasteiger partial charge in [-0.25, -0.2) is 0 Å². The first-order chi connectivity index (χ1) is 11.6. The van der Waals surface area contributed by atoms with Crippen molar-refractivity contribution in [2.24, 2.45) is 4.99 Å². The van der Waals surface area contributed by atoms with Crippen LogP contribution in [0.3, 0.4) is 0 Å². The highest BCUT2D eigenvalue weighted by molar-refractivity contribution is 5.79. The summed E-state index contributed by atoms with van der Waals surface area (Å²) in [7, 11) is 3.41. The molecule has 2 N–H and O–H groups in total. The SMILES string of the molecule is CN=C(NCCc1nc(C(C)C)no1)NCc1ccccc1OC. The fourth-order valence-electron chi connectivity index (χ4n) is 2.14. The van der Waals surface area contributed by atoms with Gasteiger partial charge < -0.3 is 19.9 Å². The fraction of sp³-hybridized carbons (Fsp3) is 0.471. The largest absolute Gasteiger partial charge is 0.496 e. The number of ether oxygens (including phenoxy) is 1. The average Bonchev–Trinajstić information content (AvgIpc) is 3.07. The van der Waals surface area contributed by atoms with Crippen molar-refractivity contribution < 1.29 is 9.26 Å². The Kier molecular flexibility index (Phi) is 6.60. The molecule has 1 heterocycles. The molecule has 0 spiro atoms. The molecule has 7 heteroatoms. The number of hydrogen-bond acceptors (Lipinski definition) is 5. The highest BCUT2D eigenvalue weighted by Crippen LogP contribution is 2.16. The molecule has 0 aliphatic rings. The lowest BCUT2D eigenvalue weighted by molar-refractivity contribution is 0.371. The van der Waals surface area contributed by atoms with Crippen molar-refractivity contribution in [1.82, 2.24) is 20.8 Å². The molecule has 0 saturated heterocycles. The molecule has 130 valence electrons. The maximum absolute atomic E-state index is 5.34. The third kappa shape index (κ3) is 4.97. The smallest absolute Gasteiger partial charge is 0.228 e. The van der Waals surface area contributed by atoms with Crippen molar-refractivity contribution in [1.29, 1.82) is 0 Å². The Morgan fingerprint density at radius 2 is 2.08 bits per heavy atom. The average molecular weight is 331 g/mol. The number of para-hydroxylation sites is 1. The zero-order valence-corrected chi connectivity index (χ0v) is 14.7. The van der Waals surface area contributed by atoms with Crippen molar-refractivity contribution in [3.05, 3.63) is 41.5 Å². The monoisotopic (exact) mass is 331 g/mol. The molecule has 0 fully saturated rings. The Bertz CT molecular complexity index is 667. The minimum atomic E-state index is 0.269. The topological polar surface area (TPSA) is 84.6 Å². The number of benzene rings is 1. The molecule has 0 radical (unpaired) electrons. The molecule has 7 nitrogen and oxygen atoms in total. The third-order valence-electron chi connectivity index (χ3n) is 3.49. The van der Waals surface area contributed by atoms with Crippen LogP contribution in [0.4, 0.5) is 0 Å². The van der Waals surface area contributed by atoms with Gasteiger partial charge in [0.15, 0.2) is 11.8 Å². The summed E-state index contributed by atoms with van der Waals surface area (Å²) >= 11 is 0. The van der Waals surface area contributed by atoms with E-state index in [1.54, 1.807) is 14.2 Å². The maximum atomic E-state index is 5.34. The number of nitrogens with one attached hydrogen (secondary N) is 2. The first kappa shape index (κ1) is 17.8. The van der Waals surface area contributed by atoms with Gasteiger partial charge >= 0.3 is 0 Å². The van der Waals surface area contributed by atoms with Gasteiger partial charge in [0.2, 0.25) is 5.89 Å². The van der Waals surface area contributed by atoms with Crippen LogP contribution in [-0.4, -0.2) is 36.8 Å². The van der Waals surface area contributed by atoms with Gasteiger partial charge in [-0.1, -0.05) is 37.2 Å². The number of methoxy groups -OCH3 is 1. The summed E-state index contributed by atoms with van der Waals surface area (Å²) in [6.07, 6.45) is 0.648. The van der Waals surface area contributed by atoms with Crippen LogP contribution in [0, 0.1) is 0 Å². The second-order valence-corrected chi connectivity index (χ2v) is 5.62. The molecule has 2 aromatic rings. The van der Waals surface area contributed by atoms with Crippen molar-refractivity contribution in [3.63, 3.8) is 0 Å². The van der Waals surface area contributed by atoms with Gasteiger partial charge in [-0.15, -0.1) is 0 Å². The molecule has 0 saturated carbocycles. The van der Waals surface area contributed by atoms with E-state index in [4.69, 9.17) is 9.26 Å². The molecular weight excluding hydrogens is 306 g/mol. The van der Waals surface area contributed by atoms with Crippen molar-refractivity contribution in [2.75, 3.05) is 20.7 Å². The summed E-state index contributed by atoms with van der Waals surface area (Å²) < 4.78 is 10.6. The highest BCUT2D eigenvalue weighted by Gasteiger charge is 2.09. The molecule has 0 amide bonds. The molecule has 0 aliphatic carbocycles. The number of aromatic nitrogens is 2. The van der Waals surface area contributed by atoms with E-state index < -0.39 is 0 Å². The normalized spacial score (nSPS) is 11.6. The standard InChI is InChI=1S/C17H25N5O2/c1-12(2)16-21-15(24-22-16)9-10-19-17(18-3)20-11-13-7-5-6-8-14(13)23-4/h5-8,12H,9-11H2,1-4H3,(H2,18,19,20). The van der Waals surface area contributed by atoms with Crippen LogP contribution in [0.15, 0.2) is 33.8 Å². The summed E-state index contributed by atoms with van der Waals surface area (Å²) in [5.74, 6) is 3.21. The molecule has 0 aliphatic heterocycles. The number of aliphatic imine (C=N–C) groups is 1. The maximum Gasteiger partial charge on any atom is 0.228 e. The third-order valence-corrected chi connectivity index (χ3v) is 3.49. The number of nitrogens with zero attached hydrogens (tertiary/aromatic N) is 3. The van der Waals surface area contributed by atoms with Gasteiger partial charge in [-0.05, 0) is 6.07 Å². The Balaban J connectivity index is 1.80. The summed E-state index contributed by atoms with van der Waals surface area (Å²) in [6.45, 7) is 5.36. The van der Waals surface area contributed by atoms with E-state index in [-0.39, 0.29) is 5.92 Å².